The molecule has 0 atom stereocenters. The predicted octanol–water partition coefficient (Wildman–Crippen LogP) is 3.70. The fraction of sp³-hybridized carbons (Fsp3) is 0.421. The van der Waals surface area contributed by atoms with Gasteiger partial charge < -0.3 is 10.1 Å². The van der Waals surface area contributed by atoms with Crippen LogP contribution in [0.3, 0.4) is 0 Å². The maximum absolute atomic E-state index is 12.0. The third-order valence-electron chi connectivity index (χ3n) is 3.33. The van der Waals surface area contributed by atoms with Crippen LogP contribution in [-0.4, -0.2) is 29.1 Å². The number of amides is 2. The number of rotatable bonds is 6. The Morgan fingerprint density at radius 1 is 1.19 bits per heavy atom. The minimum absolute atomic E-state index is 0.0372. The summed E-state index contributed by atoms with van der Waals surface area (Å²) in [6.07, 6.45) is 0.526. The largest absolute Gasteiger partial charge is 0.444 e. The minimum atomic E-state index is -0.542. The number of ether oxygens (including phenoxy) is 1. The molecule has 0 aliphatic rings. The van der Waals surface area contributed by atoms with Crippen molar-refractivity contribution in [2.75, 3.05) is 11.9 Å². The second kappa shape index (κ2) is 8.80. The number of anilines is 1. The van der Waals surface area contributed by atoms with Gasteiger partial charge in [0.05, 0.1) is 17.1 Å². The van der Waals surface area contributed by atoms with Gasteiger partial charge in [0, 0.05) is 24.0 Å². The Hall–Kier alpha value is -2.41. The van der Waals surface area contributed by atoms with Crippen molar-refractivity contribution in [3.63, 3.8) is 0 Å². The molecule has 140 valence electrons. The monoisotopic (exact) mass is 375 g/mol. The van der Waals surface area contributed by atoms with Crippen molar-refractivity contribution in [1.82, 2.24) is 10.3 Å². The van der Waals surface area contributed by atoms with Gasteiger partial charge in [-0.25, -0.2) is 9.78 Å². The number of thiazole rings is 1. The highest BCUT2D eigenvalue weighted by Gasteiger charge is 2.16. The Balaban J connectivity index is 1.75. The average Bonchev–Trinajstić information content (AvgIpc) is 2.93. The molecule has 0 unspecified atom stereocenters. The average molecular weight is 375 g/mol. The summed E-state index contributed by atoms with van der Waals surface area (Å²) in [6, 6.07) is 7.14. The van der Waals surface area contributed by atoms with E-state index in [1.54, 1.807) is 23.5 Å². The zero-order valence-electron chi connectivity index (χ0n) is 15.6. The van der Waals surface area contributed by atoms with Crippen molar-refractivity contribution in [1.29, 1.82) is 0 Å². The number of aryl methyl sites for hydroxylation is 1. The molecule has 0 aliphatic heterocycles. The molecule has 0 aliphatic carbocycles. The van der Waals surface area contributed by atoms with Crippen LogP contribution in [0.1, 0.15) is 37.0 Å². The van der Waals surface area contributed by atoms with Gasteiger partial charge in [-0.2, -0.15) is 0 Å². The number of hydrogen-bond donors (Lipinski definition) is 2. The lowest BCUT2D eigenvalue weighted by Crippen LogP contribution is -2.27. The Morgan fingerprint density at radius 3 is 2.46 bits per heavy atom. The van der Waals surface area contributed by atoms with Crippen LogP contribution in [0.2, 0.25) is 0 Å². The standard InChI is InChI=1S/C19H25N3O3S/c1-13-21-16(12-26-13)9-10-20-17(23)11-14-5-7-15(8-6-14)22-18(24)25-19(2,3)4/h5-8,12H,9-11H2,1-4H3,(H,20,23)(H,22,24). The van der Waals surface area contributed by atoms with Gasteiger partial charge in [0.15, 0.2) is 0 Å². The van der Waals surface area contributed by atoms with Crippen molar-refractivity contribution < 1.29 is 14.3 Å². The molecule has 1 aromatic carbocycles. The highest BCUT2D eigenvalue weighted by atomic mass is 32.1. The van der Waals surface area contributed by atoms with Crippen LogP contribution < -0.4 is 10.6 Å². The number of hydrogen-bond acceptors (Lipinski definition) is 5. The Labute approximate surface area is 158 Å². The lowest BCUT2D eigenvalue weighted by Gasteiger charge is -2.19. The van der Waals surface area contributed by atoms with E-state index < -0.39 is 11.7 Å². The van der Waals surface area contributed by atoms with Crippen LogP contribution in [0.5, 0.6) is 0 Å². The molecular weight excluding hydrogens is 350 g/mol. The number of carbonyl (C=O) groups is 2. The third kappa shape index (κ3) is 7.23. The first-order valence-electron chi connectivity index (χ1n) is 8.48. The van der Waals surface area contributed by atoms with Crippen LogP contribution in [0.4, 0.5) is 10.5 Å². The number of carbonyl (C=O) groups excluding carboxylic acids is 2. The molecule has 0 saturated carbocycles. The summed E-state index contributed by atoms with van der Waals surface area (Å²) in [7, 11) is 0. The number of nitrogens with one attached hydrogen (secondary N) is 2. The molecule has 1 heterocycles. The molecule has 6 nitrogen and oxygen atoms in total. The minimum Gasteiger partial charge on any atom is -0.444 e. The second-order valence-corrected chi connectivity index (χ2v) is 8.02. The van der Waals surface area contributed by atoms with E-state index in [0.29, 0.717) is 18.7 Å². The van der Waals surface area contributed by atoms with E-state index in [0.717, 1.165) is 22.7 Å². The highest BCUT2D eigenvalue weighted by Crippen LogP contribution is 2.13. The number of benzene rings is 1. The highest BCUT2D eigenvalue weighted by molar-refractivity contribution is 7.09. The van der Waals surface area contributed by atoms with Crippen molar-refractivity contribution in [2.24, 2.45) is 0 Å². The van der Waals surface area contributed by atoms with Crippen molar-refractivity contribution in [3.05, 3.63) is 45.9 Å². The van der Waals surface area contributed by atoms with Gasteiger partial charge in [0.1, 0.15) is 5.60 Å². The van der Waals surface area contributed by atoms with Gasteiger partial charge in [0.25, 0.3) is 0 Å². The summed E-state index contributed by atoms with van der Waals surface area (Å²) >= 11 is 1.61. The summed E-state index contributed by atoms with van der Waals surface area (Å²) in [6.45, 7) is 7.96. The molecule has 0 radical (unpaired) electrons. The van der Waals surface area contributed by atoms with E-state index >= 15 is 0 Å². The Bertz CT molecular complexity index is 748. The summed E-state index contributed by atoms with van der Waals surface area (Å²) in [5.41, 5.74) is 1.97. The molecule has 0 bridgehead atoms. The maximum Gasteiger partial charge on any atom is 0.412 e. The molecule has 0 spiro atoms. The molecule has 2 aromatic rings. The quantitative estimate of drug-likeness (QED) is 0.807. The fourth-order valence-corrected chi connectivity index (χ4v) is 2.88. The Kier molecular flexibility index (Phi) is 6.74. The van der Waals surface area contributed by atoms with Gasteiger partial charge in [-0.1, -0.05) is 12.1 Å². The molecule has 1 aromatic heterocycles. The number of nitrogens with zero attached hydrogens (tertiary/aromatic N) is 1. The topological polar surface area (TPSA) is 80.3 Å². The molecule has 2 amide bonds. The third-order valence-corrected chi connectivity index (χ3v) is 4.16. The van der Waals surface area contributed by atoms with E-state index in [1.165, 1.54) is 0 Å². The predicted molar refractivity (Wildman–Crippen MR) is 104 cm³/mol. The molecular formula is C19H25N3O3S. The van der Waals surface area contributed by atoms with Gasteiger partial charge >= 0.3 is 6.09 Å². The van der Waals surface area contributed by atoms with Crippen LogP contribution in [0.15, 0.2) is 29.6 Å². The number of aromatic nitrogens is 1. The summed E-state index contributed by atoms with van der Waals surface area (Å²) in [4.78, 5) is 28.1. The van der Waals surface area contributed by atoms with E-state index in [9.17, 15) is 9.59 Å². The van der Waals surface area contributed by atoms with Crippen molar-refractivity contribution in [3.8, 4) is 0 Å². The molecule has 26 heavy (non-hydrogen) atoms. The maximum atomic E-state index is 12.0. The summed E-state index contributed by atoms with van der Waals surface area (Å²) in [5.74, 6) is -0.0372. The summed E-state index contributed by atoms with van der Waals surface area (Å²) < 4.78 is 5.20. The first-order valence-corrected chi connectivity index (χ1v) is 9.36. The van der Waals surface area contributed by atoms with Gasteiger partial charge in [0.2, 0.25) is 5.91 Å². The zero-order chi connectivity index (χ0) is 19.2. The summed E-state index contributed by atoms with van der Waals surface area (Å²) in [5, 5.41) is 8.61. The fourth-order valence-electron chi connectivity index (χ4n) is 2.23. The molecule has 0 saturated heterocycles. The zero-order valence-corrected chi connectivity index (χ0v) is 16.4. The van der Waals surface area contributed by atoms with Crippen LogP contribution >= 0.6 is 11.3 Å². The SMILES string of the molecule is Cc1nc(CCNC(=O)Cc2ccc(NC(=O)OC(C)(C)C)cc2)cs1. The van der Waals surface area contributed by atoms with Crippen molar-refractivity contribution >= 4 is 29.0 Å². The second-order valence-electron chi connectivity index (χ2n) is 6.96. The van der Waals surface area contributed by atoms with Crippen LogP contribution in [0, 0.1) is 6.92 Å². The molecule has 0 fully saturated rings. The van der Waals surface area contributed by atoms with Crippen LogP contribution in [-0.2, 0) is 22.4 Å². The first kappa shape index (κ1) is 19.9. The molecule has 7 heteroatoms. The normalized spacial score (nSPS) is 11.1. The van der Waals surface area contributed by atoms with Gasteiger partial charge in [-0.15, -0.1) is 11.3 Å². The Morgan fingerprint density at radius 2 is 1.88 bits per heavy atom. The molecule has 2 N–H and O–H groups in total. The van der Waals surface area contributed by atoms with Gasteiger partial charge in [-0.05, 0) is 45.4 Å². The smallest absolute Gasteiger partial charge is 0.412 e. The van der Waals surface area contributed by atoms with Gasteiger partial charge in [-0.3, -0.25) is 10.1 Å². The molecule has 2 rings (SSSR count). The lowest BCUT2D eigenvalue weighted by atomic mass is 10.1. The first-order chi connectivity index (χ1) is 12.2. The van der Waals surface area contributed by atoms with Crippen LogP contribution in [0.25, 0.3) is 0 Å². The lowest BCUT2D eigenvalue weighted by molar-refractivity contribution is -0.120. The van der Waals surface area contributed by atoms with E-state index in [-0.39, 0.29) is 5.91 Å². The van der Waals surface area contributed by atoms with E-state index in [1.807, 2.05) is 45.2 Å². The van der Waals surface area contributed by atoms with E-state index in [4.69, 9.17) is 4.74 Å². The van der Waals surface area contributed by atoms with E-state index in [2.05, 4.69) is 15.6 Å². The van der Waals surface area contributed by atoms with Crippen molar-refractivity contribution in [2.45, 2.75) is 46.1 Å².